The molecule has 3 heteroatoms. The van der Waals surface area contributed by atoms with E-state index in [1.807, 2.05) is 54.3 Å². The van der Waals surface area contributed by atoms with Crippen molar-refractivity contribution >= 4 is 17.5 Å². The van der Waals surface area contributed by atoms with Crippen molar-refractivity contribution in [3.8, 4) is 0 Å². The molecule has 0 aliphatic carbocycles. The molecule has 2 nitrogen and oxygen atoms in total. The minimum atomic E-state index is 0.168. The van der Waals surface area contributed by atoms with Gasteiger partial charge in [0, 0.05) is 24.5 Å². The van der Waals surface area contributed by atoms with Gasteiger partial charge < -0.3 is 4.90 Å². The van der Waals surface area contributed by atoms with E-state index in [0.717, 1.165) is 12.0 Å². The fraction of sp³-hybridized carbons (Fsp3) is 0.278. The van der Waals surface area contributed by atoms with Gasteiger partial charge >= 0.3 is 0 Å². The molecule has 0 heterocycles. The molecular formula is C18H20ClNO. The van der Waals surface area contributed by atoms with Crippen LogP contribution < -0.4 is 0 Å². The lowest BCUT2D eigenvalue weighted by molar-refractivity contribution is -0.131. The summed E-state index contributed by atoms with van der Waals surface area (Å²) >= 11 is 6.16. The zero-order chi connectivity index (χ0) is 15.1. The fourth-order valence-corrected chi connectivity index (χ4v) is 2.46. The van der Waals surface area contributed by atoms with Crippen LogP contribution in [-0.2, 0) is 17.8 Å². The van der Waals surface area contributed by atoms with Crippen LogP contribution in [-0.4, -0.2) is 17.4 Å². The molecule has 0 unspecified atom stereocenters. The Balaban J connectivity index is 1.94. The summed E-state index contributed by atoms with van der Waals surface area (Å²) in [6, 6.07) is 17.8. The largest absolute Gasteiger partial charge is 0.339 e. The summed E-state index contributed by atoms with van der Waals surface area (Å²) in [5.74, 6) is 0.168. The zero-order valence-electron chi connectivity index (χ0n) is 12.3. The smallest absolute Gasteiger partial charge is 0.223 e. The van der Waals surface area contributed by atoms with Gasteiger partial charge in [-0.15, -0.1) is 0 Å². The SMILES string of the molecule is CCN(Cc1ccccc1Cl)C(=O)CCc1ccccc1. The maximum Gasteiger partial charge on any atom is 0.223 e. The number of hydrogen-bond donors (Lipinski definition) is 0. The summed E-state index contributed by atoms with van der Waals surface area (Å²) in [5, 5.41) is 0.715. The minimum Gasteiger partial charge on any atom is -0.339 e. The first kappa shape index (κ1) is 15.6. The number of nitrogens with zero attached hydrogens (tertiary/aromatic N) is 1. The maximum atomic E-state index is 12.3. The molecule has 0 aromatic heterocycles. The van der Waals surface area contributed by atoms with Gasteiger partial charge in [0.2, 0.25) is 5.91 Å². The highest BCUT2D eigenvalue weighted by Crippen LogP contribution is 2.17. The first-order valence-corrected chi connectivity index (χ1v) is 7.63. The molecule has 0 aliphatic heterocycles. The van der Waals surface area contributed by atoms with E-state index in [4.69, 9.17) is 11.6 Å². The second kappa shape index (κ2) is 7.84. The third kappa shape index (κ3) is 4.61. The van der Waals surface area contributed by atoms with Crippen LogP contribution in [0.2, 0.25) is 5.02 Å². The van der Waals surface area contributed by atoms with E-state index >= 15 is 0 Å². The van der Waals surface area contributed by atoms with Crippen molar-refractivity contribution in [3.63, 3.8) is 0 Å². The predicted molar refractivity (Wildman–Crippen MR) is 87.3 cm³/mol. The Bertz CT molecular complexity index is 583. The van der Waals surface area contributed by atoms with Crippen molar-refractivity contribution in [1.82, 2.24) is 4.90 Å². The number of carbonyl (C=O) groups excluding carboxylic acids is 1. The van der Waals surface area contributed by atoms with Crippen molar-refractivity contribution in [2.45, 2.75) is 26.3 Å². The zero-order valence-corrected chi connectivity index (χ0v) is 13.0. The van der Waals surface area contributed by atoms with Crippen molar-refractivity contribution in [2.24, 2.45) is 0 Å². The predicted octanol–water partition coefficient (Wildman–Crippen LogP) is 4.32. The summed E-state index contributed by atoms with van der Waals surface area (Å²) in [7, 11) is 0. The molecule has 0 N–H and O–H groups in total. The highest BCUT2D eigenvalue weighted by molar-refractivity contribution is 6.31. The lowest BCUT2D eigenvalue weighted by Gasteiger charge is -2.21. The highest BCUT2D eigenvalue weighted by atomic mass is 35.5. The maximum absolute atomic E-state index is 12.3. The van der Waals surface area contributed by atoms with Crippen LogP contribution in [0.5, 0.6) is 0 Å². The lowest BCUT2D eigenvalue weighted by Crippen LogP contribution is -2.30. The Labute approximate surface area is 131 Å². The van der Waals surface area contributed by atoms with E-state index in [9.17, 15) is 4.79 Å². The van der Waals surface area contributed by atoms with Crippen LogP contribution in [0.25, 0.3) is 0 Å². The minimum absolute atomic E-state index is 0.168. The summed E-state index contributed by atoms with van der Waals surface area (Å²) in [6.07, 6.45) is 1.31. The van der Waals surface area contributed by atoms with Gasteiger partial charge in [0.1, 0.15) is 0 Å². The van der Waals surface area contributed by atoms with E-state index < -0.39 is 0 Å². The van der Waals surface area contributed by atoms with Crippen LogP contribution >= 0.6 is 11.6 Å². The molecule has 1 amide bonds. The Morgan fingerprint density at radius 2 is 1.71 bits per heavy atom. The molecule has 2 aromatic rings. The average Bonchev–Trinajstić information content (AvgIpc) is 2.53. The molecule has 2 rings (SSSR count). The molecule has 2 aromatic carbocycles. The highest BCUT2D eigenvalue weighted by Gasteiger charge is 2.13. The monoisotopic (exact) mass is 301 g/mol. The van der Waals surface area contributed by atoms with Gasteiger partial charge in [-0.1, -0.05) is 60.1 Å². The standard InChI is InChI=1S/C18H20ClNO/c1-2-20(14-16-10-6-7-11-17(16)19)18(21)13-12-15-8-4-3-5-9-15/h3-11H,2,12-14H2,1H3. The number of aryl methyl sites for hydroxylation is 1. The van der Waals surface area contributed by atoms with Crippen LogP contribution in [0, 0.1) is 0 Å². The van der Waals surface area contributed by atoms with Gasteiger partial charge in [-0.3, -0.25) is 4.79 Å². The molecule has 0 atom stereocenters. The van der Waals surface area contributed by atoms with Gasteiger partial charge in [-0.25, -0.2) is 0 Å². The van der Waals surface area contributed by atoms with Gasteiger partial charge in [0.05, 0.1) is 0 Å². The van der Waals surface area contributed by atoms with Crippen molar-refractivity contribution in [1.29, 1.82) is 0 Å². The Morgan fingerprint density at radius 3 is 2.38 bits per heavy atom. The molecule has 0 bridgehead atoms. The number of halogens is 1. The molecule has 0 spiro atoms. The molecule has 0 radical (unpaired) electrons. The first-order chi connectivity index (χ1) is 10.2. The second-order valence-electron chi connectivity index (χ2n) is 4.98. The number of benzene rings is 2. The van der Waals surface area contributed by atoms with E-state index in [-0.39, 0.29) is 5.91 Å². The van der Waals surface area contributed by atoms with Gasteiger partial charge in [0.25, 0.3) is 0 Å². The topological polar surface area (TPSA) is 20.3 Å². The van der Waals surface area contributed by atoms with Crippen molar-refractivity contribution < 1.29 is 4.79 Å². The van der Waals surface area contributed by atoms with E-state index in [0.29, 0.717) is 24.5 Å². The Kier molecular flexibility index (Phi) is 5.82. The Morgan fingerprint density at radius 1 is 1.05 bits per heavy atom. The molecule has 0 fully saturated rings. The number of carbonyl (C=O) groups is 1. The van der Waals surface area contributed by atoms with E-state index in [1.165, 1.54) is 5.56 Å². The van der Waals surface area contributed by atoms with E-state index in [1.54, 1.807) is 0 Å². The number of hydrogen-bond acceptors (Lipinski definition) is 1. The van der Waals surface area contributed by atoms with Crippen LogP contribution in [0.15, 0.2) is 54.6 Å². The first-order valence-electron chi connectivity index (χ1n) is 7.25. The van der Waals surface area contributed by atoms with Gasteiger partial charge in [-0.05, 0) is 30.5 Å². The van der Waals surface area contributed by atoms with Crippen molar-refractivity contribution in [2.75, 3.05) is 6.54 Å². The van der Waals surface area contributed by atoms with Gasteiger partial charge in [-0.2, -0.15) is 0 Å². The van der Waals surface area contributed by atoms with Crippen molar-refractivity contribution in [3.05, 3.63) is 70.7 Å². The number of amides is 1. The van der Waals surface area contributed by atoms with E-state index in [2.05, 4.69) is 12.1 Å². The summed E-state index contributed by atoms with van der Waals surface area (Å²) in [6.45, 7) is 3.26. The van der Waals surface area contributed by atoms with Crippen LogP contribution in [0.1, 0.15) is 24.5 Å². The average molecular weight is 302 g/mol. The summed E-state index contributed by atoms with van der Waals surface area (Å²) in [5.41, 5.74) is 2.19. The third-order valence-corrected chi connectivity index (χ3v) is 3.89. The lowest BCUT2D eigenvalue weighted by atomic mass is 10.1. The fourth-order valence-electron chi connectivity index (χ4n) is 2.26. The molecular weight excluding hydrogens is 282 g/mol. The summed E-state index contributed by atoms with van der Waals surface area (Å²) in [4.78, 5) is 14.2. The molecule has 110 valence electrons. The van der Waals surface area contributed by atoms with Gasteiger partial charge in [0.15, 0.2) is 0 Å². The second-order valence-corrected chi connectivity index (χ2v) is 5.39. The Hall–Kier alpha value is -1.80. The summed E-state index contributed by atoms with van der Waals surface area (Å²) < 4.78 is 0. The molecule has 21 heavy (non-hydrogen) atoms. The number of rotatable bonds is 6. The normalized spacial score (nSPS) is 10.4. The van der Waals surface area contributed by atoms with Crippen LogP contribution in [0.4, 0.5) is 0 Å². The van der Waals surface area contributed by atoms with Crippen LogP contribution in [0.3, 0.4) is 0 Å². The third-order valence-electron chi connectivity index (χ3n) is 3.52. The molecule has 0 saturated heterocycles. The quantitative estimate of drug-likeness (QED) is 0.778. The molecule has 0 saturated carbocycles. The molecule has 0 aliphatic rings.